The maximum atomic E-state index is 12.9. The van der Waals surface area contributed by atoms with Gasteiger partial charge in [-0.1, -0.05) is 29.4 Å². The zero-order chi connectivity index (χ0) is 21.8. The summed E-state index contributed by atoms with van der Waals surface area (Å²) in [6.45, 7) is 0. The molecule has 8 nitrogen and oxygen atoms in total. The molecule has 0 aliphatic heterocycles. The second-order valence-electron chi connectivity index (χ2n) is 6.56. The van der Waals surface area contributed by atoms with Gasteiger partial charge in [0.15, 0.2) is 0 Å². The van der Waals surface area contributed by atoms with E-state index in [2.05, 4.69) is 15.5 Å². The van der Waals surface area contributed by atoms with E-state index in [1.54, 1.807) is 61.7 Å². The molecule has 3 aromatic carbocycles. The minimum Gasteiger partial charge on any atom is -0.496 e. The fourth-order valence-electron chi connectivity index (χ4n) is 3.06. The number of benzene rings is 3. The van der Waals surface area contributed by atoms with Crippen LogP contribution in [0, 0.1) is 0 Å². The predicted molar refractivity (Wildman–Crippen MR) is 115 cm³/mol. The van der Waals surface area contributed by atoms with Gasteiger partial charge in [0.05, 0.1) is 23.8 Å². The topological polar surface area (TPSA) is 120 Å². The Bertz CT molecular complexity index is 1250. The molecule has 3 N–H and O–H groups in total. The van der Waals surface area contributed by atoms with Gasteiger partial charge in [0.1, 0.15) is 5.75 Å². The summed E-state index contributed by atoms with van der Waals surface area (Å²) in [6.07, 6.45) is 0. The zero-order valence-electron chi connectivity index (χ0n) is 16.5. The van der Waals surface area contributed by atoms with E-state index >= 15 is 0 Å². The monoisotopic (exact) mass is 414 g/mol. The van der Waals surface area contributed by atoms with Crippen molar-refractivity contribution in [1.82, 2.24) is 10.1 Å². The molecular formula is C23H18N4O4. The summed E-state index contributed by atoms with van der Waals surface area (Å²) in [5.74, 6) is 0.269. The summed E-state index contributed by atoms with van der Waals surface area (Å²) in [6, 6.07) is 20.5. The van der Waals surface area contributed by atoms with Gasteiger partial charge in [0.2, 0.25) is 11.7 Å². The number of ether oxygens (including phenoxy) is 1. The number of para-hydroxylation sites is 1. The normalized spacial score (nSPS) is 10.5. The lowest BCUT2D eigenvalue weighted by Crippen LogP contribution is -2.14. The van der Waals surface area contributed by atoms with Gasteiger partial charge in [-0.3, -0.25) is 9.59 Å². The maximum absolute atomic E-state index is 12.9. The number of carbonyl (C=O) groups is 2. The third-order valence-corrected chi connectivity index (χ3v) is 4.60. The fraction of sp³-hybridized carbons (Fsp3) is 0.0435. The van der Waals surface area contributed by atoms with E-state index in [1.807, 2.05) is 18.2 Å². The molecule has 0 atom stereocenters. The molecule has 0 aliphatic rings. The minimum atomic E-state index is -0.537. The van der Waals surface area contributed by atoms with Gasteiger partial charge >= 0.3 is 0 Å². The summed E-state index contributed by atoms with van der Waals surface area (Å²) in [5, 5.41) is 6.83. The van der Waals surface area contributed by atoms with Crippen LogP contribution in [0.15, 0.2) is 77.3 Å². The Labute approximate surface area is 177 Å². The summed E-state index contributed by atoms with van der Waals surface area (Å²) in [4.78, 5) is 28.5. The second kappa shape index (κ2) is 8.50. The van der Waals surface area contributed by atoms with Gasteiger partial charge in [0.25, 0.3) is 11.8 Å². The van der Waals surface area contributed by atoms with Crippen LogP contribution in [-0.4, -0.2) is 29.1 Å². The highest BCUT2D eigenvalue weighted by atomic mass is 16.5. The van der Waals surface area contributed by atoms with Crippen molar-refractivity contribution in [3.05, 3.63) is 83.9 Å². The molecule has 8 heteroatoms. The fourth-order valence-corrected chi connectivity index (χ4v) is 3.06. The average Bonchev–Trinajstić information content (AvgIpc) is 3.29. The summed E-state index contributed by atoms with van der Waals surface area (Å²) < 4.78 is 10.8. The van der Waals surface area contributed by atoms with Crippen molar-refractivity contribution in [2.75, 3.05) is 12.4 Å². The average molecular weight is 414 g/mol. The van der Waals surface area contributed by atoms with Crippen molar-refractivity contribution < 1.29 is 18.8 Å². The molecule has 4 rings (SSSR count). The molecule has 0 spiro atoms. The molecule has 2 amide bonds. The maximum Gasteiger partial charge on any atom is 0.259 e. The standard InChI is InChI=1S/C23H18N4O4/c1-30-19-9-5-4-8-18(19)21-26-23(31-27-21)17-7-3-2-6-16(17)22(29)25-15-12-10-14(11-13-15)20(24)28/h2-13H,1H3,(H2,24,28)(H,25,29). The van der Waals surface area contributed by atoms with Gasteiger partial charge in [-0.15, -0.1) is 0 Å². The third-order valence-electron chi connectivity index (χ3n) is 4.60. The lowest BCUT2D eigenvalue weighted by Gasteiger charge is -2.08. The highest BCUT2D eigenvalue weighted by Crippen LogP contribution is 2.30. The van der Waals surface area contributed by atoms with E-state index in [0.29, 0.717) is 39.5 Å². The lowest BCUT2D eigenvalue weighted by atomic mass is 10.1. The van der Waals surface area contributed by atoms with Crippen molar-refractivity contribution in [2.45, 2.75) is 0 Å². The number of hydrogen-bond donors (Lipinski definition) is 2. The van der Waals surface area contributed by atoms with Crippen LogP contribution in [0.3, 0.4) is 0 Å². The minimum absolute atomic E-state index is 0.204. The van der Waals surface area contributed by atoms with Crippen molar-refractivity contribution in [1.29, 1.82) is 0 Å². The van der Waals surface area contributed by atoms with E-state index in [0.717, 1.165) is 0 Å². The van der Waals surface area contributed by atoms with Gasteiger partial charge < -0.3 is 20.3 Å². The highest BCUT2D eigenvalue weighted by Gasteiger charge is 2.19. The number of amides is 2. The number of carbonyl (C=O) groups excluding carboxylic acids is 2. The molecule has 0 fully saturated rings. The van der Waals surface area contributed by atoms with E-state index < -0.39 is 5.91 Å². The molecule has 0 aliphatic carbocycles. The first-order valence-electron chi connectivity index (χ1n) is 9.34. The van der Waals surface area contributed by atoms with Crippen LogP contribution in [-0.2, 0) is 0 Å². The largest absolute Gasteiger partial charge is 0.496 e. The molecule has 31 heavy (non-hydrogen) atoms. The Morgan fingerprint density at radius 3 is 2.32 bits per heavy atom. The number of methoxy groups -OCH3 is 1. The SMILES string of the molecule is COc1ccccc1-c1noc(-c2ccccc2C(=O)Nc2ccc(C(N)=O)cc2)n1. The van der Waals surface area contributed by atoms with Crippen LogP contribution in [0.5, 0.6) is 5.75 Å². The number of nitrogens with two attached hydrogens (primary N) is 1. The van der Waals surface area contributed by atoms with Gasteiger partial charge in [0, 0.05) is 11.3 Å². The Hall–Kier alpha value is -4.46. The number of aromatic nitrogens is 2. The molecule has 4 aromatic rings. The van der Waals surface area contributed by atoms with Gasteiger partial charge in [-0.05, 0) is 48.5 Å². The number of nitrogens with one attached hydrogen (secondary N) is 1. The first-order valence-corrected chi connectivity index (χ1v) is 9.34. The van der Waals surface area contributed by atoms with Gasteiger partial charge in [-0.2, -0.15) is 4.98 Å². The molecule has 154 valence electrons. The number of primary amides is 1. The Morgan fingerprint density at radius 2 is 1.61 bits per heavy atom. The van der Waals surface area contributed by atoms with Gasteiger partial charge in [-0.25, -0.2) is 0 Å². The number of nitrogens with zero attached hydrogens (tertiary/aromatic N) is 2. The van der Waals surface area contributed by atoms with Crippen LogP contribution >= 0.6 is 0 Å². The molecule has 1 heterocycles. The number of rotatable bonds is 6. The van der Waals surface area contributed by atoms with E-state index in [-0.39, 0.29) is 11.8 Å². The first-order chi connectivity index (χ1) is 15.1. The zero-order valence-corrected chi connectivity index (χ0v) is 16.5. The molecular weight excluding hydrogens is 396 g/mol. The predicted octanol–water partition coefficient (Wildman–Crippen LogP) is 3.76. The molecule has 0 unspecified atom stereocenters. The van der Waals surface area contributed by atoms with Crippen molar-refractivity contribution >= 4 is 17.5 Å². The van der Waals surface area contributed by atoms with Crippen LogP contribution in [0.4, 0.5) is 5.69 Å². The van der Waals surface area contributed by atoms with Crippen LogP contribution in [0.25, 0.3) is 22.8 Å². The highest BCUT2D eigenvalue weighted by molar-refractivity contribution is 6.08. The van der Waals surface area contributed by atoms with Crippen molar-refractivity contribution in [3.63, 3.8) is 0 Å². The van der Waals surface area contributed by atoms with E-state index in [1.165, 1.54) is 0 Å². The van der Waals surface area contributed by atoms with Crippen molar-refractivity contribution in [3.8, 4) is 28.6 Å². The summed E-state index contributed by atoms with van der Waals surface area (Å²) in [7, 11) is 1.56. The Morgan fingerprint density at radius 1 is 0.935 bits per heavy atom. The molecule has 1 aromatic heterocycles. The molecule has 0 bridgehead atoms. The lowest BCUT2D eigenvalue weighted by molar-refractivity contribution is 0.0998. The second-order valence-corrected chi connectivity index (χ2v) is 6.56. The van der Waals surface area contributed by atoms with E-state index in [4.69, 9.17) is 15.0 Å². The van der Waals surface area contributed by atoms with Crippen molar-refractivity contribution in [2.24, 2.45) is 5.73 Å². The van der Waals surface area contributed by atoms with E-state index in [9.17, 15) is 9.59 Å². The Balaban J connectivity index is 1.62. The number of hydrogen-bond acceptors (Lipinski definition) is 6. The summed E-state index contributed by atoms with van der Waals surface area (Å²) >= 11 is 0. The van der Waals surface area contributed by atoms with Crippen LogP contribution in [0.2, 0.25) is 0 Å². The summed E-state index contributed by atoms with van der Waals surface area (Å²) in [5.41, 5.74) is 7.64. The Kier molecular flexibility index (Phi) is 5.44. The quantitative estimate of drug-likeness (QED) is 0.496. The third kappa shape index (κ3) is 4.13. The first kappa shape index (κ1) is 19.8. The molecule has 0 saturated carbocycles. The van der Waals surface area contributed by atoms with Crippen LogP contribution in [0.1, 0.15) is 20.7 Å². The molecule has 0 radical (unpaired) electrons. The van der Waals surface area contributed by atoms with Crippen LogP contribution < -0.4 is 15.8 Å². The smallest absolute Gasteiger partial charge is 0.259 e. The number of anilines is 1. The molecule has 0 saturated heterocycles.